The van der Waals surface area contributed by atoms with Gasteiger partial charge in [-0.15, -0.1) is 0 Å². The molecule has 1 heterocycles. The number of halogens is 1. The quantitative estimate of drug-likeness (QED) is 0.610. The summed E-state index contributed by atoms with van der Waals surface area (Å²) in [5.74, 6) is 0. The second-order valence-electron chi connectivity index (χ2n) is 2.92. The monoisotopic (exact) mass is 258 g/mol. The van der Waals surface area contributed by atoms with E-state index in [4.69, 9.17) is 14.9 Å². The summed E-state index contributed by atoms with van der Waals surface area (Å²) in [6.07, 6.45) is 0. The van der Waals surface area contributed by atoms with Gasteiger partial charge in [-0.05, 0) is 0 Å². The third-order valence-corrected chi connectivity index (χ3v) is 4.32. The van der Waals surface area contributed by atoms with Crippen LogP contribution in [0, 0.1) is 5.41 Å². The molecule has 1 aliphatic rings. The van der Waals surface area contributed by atoms with Crippen LogP contribution < -0.4 is 0 Å². The first-order valence-electron chi connectivity index (χ1n) is 2.82. The van der Waals surface area contributed by atoms with E-state index in [0.717, 1.165) is 13.2 Å². The van der Waals surface area contributed by atoms with Gasteiger partial charge in [-0.25, -0.2) is 0 Å². The van der Waals surface area contributed by atoms with Gasteiger partial charge >= 0.3 is 67.2 Å². The maximum absolute atomic E-state index is 5.68. The molecule has 0 saturated carbocycles. The molecule has 0 spiro atoms. The van der Waals surface area contributed by atoms with E-state index in [0.29, 0.717) is 0 Å². The van der Waals surface area contributed by atoms with E-state index >= 15 is 0 Å². The molecule has 0 unspecified atom stereocenters. The molecule has 1 aliphatic heterocycles. The molecule has 0 radical (unpaired) electrons. The van der Waals surface area contributed by atoms with Gasteiger partial charge in [-0.3, -0.25) is 0 Å². The Balaban J connectivity index is 2.35. The molecule has 2 nitrogen and oxygen atoms in total. The fourth-order valence-corrected chi connectivity index (χ4v) is 3.97. The van der Waals surface area contributed by atoms with Crippen LogP contribution in [-0.2, 0) is 6.03 Å². The predicted octanol–water partition coefficient (Wildman–Crippen LogP) is 1.28. The molecule has 1 saturated heterocycles. The molecule has 54 valence electrons. The first-order valence-corrected chi connectivity index (χ1v) is 8.14. The normalized spacial score (nSPS) is 28.3. The van der Waals surface area contributed by atoms with Crippen LogP contribution >= 0.6 is 8.83 Å². The molecule has 0 aromatic heterocycles. The van der Waals surface area contributed by atoms with Crippen LogP contribution in [0.15, 0.2) is 0 Å². The molecule has 0 N–H and O–H groups in total. The van der Waals surface area contributed by atoms with Gasteiger partial charge in [0.2, 0.25) is 0 Å². The first-order chi connectivity index (χ1) is 4.10. The van der Waals surface area contributed by atoms with Crippen LogP contribution in [0.5, 0.6) is 0 Å². The summed E-state index contributed by atoms with van der Waals surface area (Å²) in [7, 11) is 5.68. The van der Waals surface area contributed by atoms with Gasteiger partial charge in [0, 0.05) is 0 Å². The molecule has 9 heavy (non-hydrogen) atoms. The Morgan fingerprint density at radius 3 is 2.11 bits per heavy atom. The van der Waals surface area contributed by atoms with Gasteiger partial charge < -0.3 is 0 Å². The van der Waals surface area contributed by atoms with Crippen molar-refractivity contribution < 1.29 is 6.03 Å². The topological polar surface area (TPSA) is 18.5 Å². The molecular formula is C5H10ClO2Sb. The van der Waals surface area contributed by atoms with Gasteiger partial charge in [-0.1, -0.05) is 0 Å². The molecule has 4 heteroatoms. The molecule has 0 aromatic rings. The molecule has 0 atom stereocenters. The van der Waals surface area contributed by atoms with Crippen LogP contribution in [0.4, 0.5) is 0 Å². The van der Waals surface area contributed by atoms with Crippen molar-refractivity contribution in [2.45, 2.75) is 13.8 Å². The van der Waals surface area contributed by atoms with Crippen molar-refractivity contribution in [3.8, 4) is 0 Å². The Morgan fingerprint density at radius 1 is 1.33 bits per heavy atom. The SMILES string of the molecule is CC1(C)C[O][Sb]([Cl])[O]C1. The van der Waals surface area contributed by atoms with Crippen LogP contribution in [0.1, 0.15) is 13.8 Å². The Morgan fingerprint density at radius 2 is 1.78 bits per heavy atom. The van der Waals surface area contributed by atoms with Gasteiger partial charge in [0.1, 0.15) is 0 Å². The Hall–Kier alpha value is 1.03. The van der Waals surface area contributed by atoms with Crippen molar-refractivity contribution in [1.29, 1.82) is 0 Å². The fourth-order valence-electron chi connectivity index (χ4n) is 0.530. The fraction of sp³-hybridized carbons (Fsp3) is 1.00. The van der Waals surface area contributed by atoms with Crippen molar-refractivity contribution in [1.82, 2.24) is 0 Å². The zero-order valence-electron chi connectivity index (χ0n) is 5.56. The summed E-state index contributed by atoms with van der Waals surface area (Å²) in [4.78, 5) is 0. The minimum absolute atomic E-state index is 0.176. The summed E-state index contributed by atoms with van der Waals surface area (Å²) in [6.45, 7) is 5.74. The number of rotatable bonds is 0. The van der Waals surface area contributed by atoms with Crippen molar-refractivity contribution in [3.05, 3.63) is 0 Å². The summed E-state index contributed by atoms with van der Waals surface area (Å²) >= 11 is -2.08. The summed E-state index contributed by atoms with van der Waals surface area (Å²) in [5.41, 5.74) is 0.176. The molecule has 0 amide bonds. The molecule has 0 aromatic carbocycles. The zero-order valence-corrected chi connectivity index (χ0v) is 8.86. The van der Waals surface area contributed by atoms with Gasteiger partial charge in [-0.2, -0.15) is 0 Å². The predicted molar refractivity (Wildman–Crippen MR) is 37.3 cm³/mol. The van der Waals surface area contributed by atoms with E-state index in [9.17, 15) is 0 Å². The standard InChI is InChI=1S/C5H10O2.ClH.Sb/c1-5(2,3-6)4-7;;/h3-4H2,1-2H3;1H;/q-2;;+3/p-1. The second kappa shape index (κ2) is 2.96. The Labute approximate surface area is 67.2 Å². The Bertz CT molecular complexity index is 97.1. The van der Waals surface area contributed by atoms with Crippen molar-refractivity contribution >= 4 is 28.7 Å². The Kier molecular flexibility index (Phi) is 2.67. The summed E-state index contributed by atoms with van der Waals surface area (Å²) in [5, 5.41) is 0. The summed E-state index contributed by atoms with van der Waals surface area (Å²) < 4.78 is 10.4. The average molecular weight is 259 g/mol. The van der Waals surface area contributed by atoms with Crippen molar-refractivity contribution in [3.63, 3.8) is 0 Å². The van der Waals surface area contributed by atoms with Crippen molar-refractivity contribution in [2.75, 3.05) is 13.2 Å². The van der Waals surface area contributed by atoms with E-state index in [1.54, 1.807) is 0 Å². The van der Waals surface area contributed by atoms with Crippen LogP contribution in [0.25, 0.3) is 0 Å². The van der Waals surface area contributed by atoms with Crippen LogP contribution in [0.3, 0.4) is 0 Å². The van der Waals surface area contributed by atoms with Crippen molar-refractivity contribution in [2.24, 2.45) is 5.41 Å². The van der Waals surface area contributed by atoms with Gasteiger partial charge in [0.15, 0.2) is 0 Å². The van der Waals surface area contributed by atoms with E-state index < -0.39 is 19.9 Å². The summed E-state index contributed by atoms with van der Waals surface area (Å²) in [6, 6.07) is 0. The van der Waals surface area contributed by atoms with E-state index in [1.807, 2.05) is 0 Å². The third kappa shape index (κ3) is 2.63. The van der Waals surface area contributed by atoms with Crippen LogP contribution in [0.2, 0.25) is 0 Å². The molecular weight excluding hydrogens is 249 g/mol. The molecule has 1 fully saturated rings. The zero-order chi connectivity index (χ0) is 6.91. The van der Waals surface area contributed by atoms with E-state index in [2.05, 4.69) is 13.8 Å². The average Bonchev–Trinajstić information content (AvgIpc) is 1.78. The molecule has 0 aliphatic carbocycles. The first kappa shape index (κ1) is 8.13. The minimum atomic E-state index is -2.08. The maximum atomic E-state index is 5.68. The van der Waals surface area contributed by atoms with Gasteiger partial charge in [0.25, 0.3) is 0 Å². The molecule has 0 bridgehead atoms. The number of hydrogen-bond acceptors (Lipinski definition) is 2. The third-order valence-electron chi connectivity index (χ3n) is 1.11. The number of hydrogen-bond donors (Lipinski definition) is 0. The second-order valence-corrected chi connectivity index (χ2v) is 7.46. The van der Waals surface area contributed by atoms with E-state index in [-0.39, 0.29) is 5.41 Å². The van der Waals surface area contributed by atoms with Gasteiger partial charge in [0.05, 0.1) is 0 Å². The van der Waals surface area contributed by atoms with Crippen LogP contribution in [-0.4, -0.2) is 33.1 Å². The molecule has 1 rings (SSSR count). The van der Waals surface area contributed by atoms with E-state index in [1.165, 1.54) is 0 Å².